The number of nitrogens with zero attached hydrogens (tertiary/aromatic N) is 2. The fourth-order valence-electron chi connectivity index (χ4n) is 2.61. The lowest BCUT2D eigenvalue weighted by molar-refractivity contribution is 0.340. The second-order valence-electron chi connectivity index (χ2n) is 5.51. The van der Waals surface area contributed by atoms with Gasteiger partial charge in [0.15, 0.2) is 0 Å². The van der Waals surface area contributed by atoms with Gasteiger partial charge in [-0.15, -0.1) is 0 Å². The van der Waals surface area contributed by atoms with Crippen molar-refractivity contribution in [3.63, 3.8) is 0 Å². The van der Waals surface area contributed by atoms with E-state index in [9.17, 15) is 5.26 Å². The molecule has 0 spiro atoms. The topological polar surface area (TPSA) is 71.9 Å². The van der Waals surface area contributed by atoms with Gasteiger partial charge in [-0.25, -0.2) is 4.98 Å². The molecule has 0 amide bonds. The molecule has 0 saturated carbocycles. The van der Waals surface area contributed by atoms with Crippen LogP contribution < -0.4 is 10.5 Å². The number of benzene rings is 2. The average molecular weight is 384 g/mol. The molecule has 1 heterocycles. The molecule has 6 heteroatoms. The Bertz CT molecular complexity index is 995. The second-order valence-corrected chi connectivity index (χ2v) is 6.33. The van der Waals surface area contributed by atoms with E-state index in [1.807, 2.05) is 43.3 Å². The van der Waals surface area contributed by atoms with Gasteiger partial charge >= 0.3 is 0 Å². The Morgan fingerprint density at radius 1 is 1.04 bits per heavy atom. The maximum atomic E-state index is 9.51. The molecule has 0 aliphatic heterocycles. The van der Waals surface area contributed by atoms with Gasteiger partial charge in [0.05, 0.1) is 22.3 Å². The Balaban J connectivity index is 2.13. The lowest BCUT2D eigenvalue weighted by Crippen LogP contribution is -2.00. The van der Waals surface area contributed by atoms with Gasteiger partial charge in [0.2, 0.25) is 0 Å². The molecule has 3 rings (SSSR count). The number of ether oxygens (including phenoxy) is 1. The summed E-state index contributed by atoms with van der Waals surface area (Å²) in [6.07, 6.45) is 0. The monoisotopic (exact) mass is 383 g/mol. The van der Waals surface area contributed by atoms with E-state index in [2.05, 4.69) is 11.1 Å². The van der Waals surface area contributed by atoms with Crippen LogP contribution in [0.4, 0.5) is 5.82 Å². The molecule has 2 N–H and O–H groups in total. The van der Waals surface area contributed by atoms with E-state index >= 15 is 0 Å². The molecule has 4 nitrogen and oxygen atoms in total. The summed E-state index contributed by atoms with van der Waals surface area (Å²) in [6, 6.07) is 16.7. The van der Waals surface area contributed by atoms with E-state index in [4.69, 9.17) is 33.7 Å². The molecule has 0 fully saturated rings. The maximum Gasteiger partial charge on any atom is 0.142 e. The third-order valence-electron chi connectivity index (χ3n) is 3.85. The van der Waals surface area contributed by atoms with Gasteiger partial charge in [0.25, 0.3) is 0 Å². The Morgan fingerprint density at radius 3 is 2.35 bits per heavy atom. The van der Waals surface area contributed by atoms with E-state index in [-0.39, 0.29) is 5.82 Å². The number of halogens is 2. The van der Waals surface area contributed by atoms with Crippen LogP contribution in [0.5, 0.6) is 5.75 Å². The summed E-state index contributed by atoms with van der Waals surface area (Å²) >= 11 is 12.1. The van der Waals surface area contributed by atoms with Gasteiger partial charge in [0.1, 0.15) is 23.2 Å². The first-order chi connectivity index (χ1) is 12.5. The van der Waals surface area contributed by atoms with Crippen molar-refractivity contribution in [1.29, 1.82) is 5.26 Å². The average Bonchev–Trinajstić information content (AvgIpc) is 2.64. The van der Waals surface area contributed by atoms with Gasteiger partial charge in [-0.3, -0.25) is 0 Å². The minimum Gasteiger partial charge on any atom is -0.494 e. The summed E-state index contributed by atoms with van der Waals surface area (Å²) < 4.78 is 5.47. The van der Waals surface area contributed by atoms with Gasteiger partial charge in [0, 0.05) is 11.1 Å². The molecule has 0 radical (unpaired) electrons. The van der Waals surface area contributed by atoms with Crippen molar-refractivity contribution in [2.75, 3.05) is 12.3 Å². The predicted octanol–water partition coefficient (Wildman–Crippen LogP) is 5.57. The molecule has 0 aliphatic carbocycles. The van der Waals surface area contributed by atoms with Gasteiger partial charge < -0.3 is 10.5 Å². The quantitative estimate of drug-likeness (QED) is 0.638. The smallest absolute Gasteiger partial charge is 0.142 e. The molecule has 0 saturated heterocycles. The number of aromatic nitrogens is 1. The zero-order valence-corrected chi connectivity index (χ0v) is 15.5. The number of pyridine rings is 1. The van der Waals surface area contributed by atoms with Crippen LogP contribution in [0.1, 0.15) is 12.5 Å². The molecule has 2 aromatic carbocycles. The normalized spacial score (nSPS) is 10.4. The summed E-state index contributed by atoms with van der Waals surface area (Å²) in [7, 11) is 0. The third-order valence-corrected chi connectivity index (χ3v) is 4.59. The third kappa shape index (κ3) is 3.60. The zero-order chi connectivity index (χ0) is 18.7. The summed E-state index contributed by atoms with van der Waals surface area (Å²) in [5.74, 6) is 0.932. The van der Waals surface area contributed by atoms with Crippen molar-refractivity contribution in [2.24, 2.45) is 0 Å². The van der Waals surface area contributed by atoms with Crippen LogP contribution in [0.3, 0.4) is 0 Å². The number of hydrogen-bond donors (Lipinski definition) is 1. The molecule has 130 valence electrons. The molecule has 3 aromatic rings. The number of nitriles is 1. The Labute approximate surface area is 161 Å². The van der Waals surface area contributed by atoms with Crippen molar-refractivity contribution in [2.45, 2.75) is 6.92 Å². The molecule has 26 heavy (non-hydrogen) atoms. The first kappa shape index (κ1) is 18.1. The van der Waals surface area contributed by atoms with Gasteiger partial charge in [-0.2, -0.15) is 5.26 Å². The SMILES string of the molecule is CCOc1ccc(-c2cc(-c3ccc(Cl)c(Cl)c3)nc(N)c2C#N)cc1. The molecule has 0 atom stereocenters. The lowest BCUT2D eigenvalue weighted by Gasteiger charge is -2.11. The van der Waals surface area contributed by atoms with Crippen LogP contribution in [-0.2, 0) is 0 Å². The molecular weight excluding hydrogens is 369 g/mol. The highest BCUT2D eigenvalue weighted by atomic mass is 35.5. The first-order valence-electron chi connectivity index (χ1n) is 7.92. The Hall–Kier alpha value is -2.74. The van der Waals surface area contributed by atoms with E-state index < -0.39 is 0 Å². The van der Waals surface area contributed by atoms with E-state index in [1.54, 1.807) is 12.1 Å². The molecule has 0 aliphatic rings. The van der Waals surface area contributed by atoms with Crippen LogP contribution in [0.15, 0.2) is 48.5 Å². The maximum absolute atomic E-state index is 9.51. The Kier molecular flexibility index (Phi) is 5.32. The minimum atomic E-state index is 0.167. The van der Waals surface area contributed by atoms with E-state index in [0.29, 0.717) is 33.5 Å². The zero-order valence-electron chi connectivity index (χ0n) is 14.0. The summed E-state index contributed by atoms with van der Waals surface area (Å²) in [4.78, 5) is 4.35. The first-order valence-corrected chi connectivity index (χ1v) is 8.68. The molecule has 0 bridgehead atoms. The highest BCUT2D eigenvalue weighted by Crippen LogP contribution is 2.34. The van der Waals surface area contributed by atoms with Crippen LogP contribution >= 0.6 is 23.2 Å². The largest absolute Gasteiger partial charge is 0.494 e. The highest BCUT2D eigenvalue weighted by Gasteiger charge is 2.14. The van der Waals surface area contributed by atoms with Gasteiger partial charge in [-0.05, 0) is 42.8 Å². The van der Waals surface area contributed by atoms with E-state index in [1.165, 1.54) is 0 Å². The second kappa shape index (κ2) is 7.65. The van der Waals surface area contributed by atoms with E-state index in [0.717, 1.165) is 16.9 Å². The van der Waals surface area contributed by atoms with Crippen LogP contribution in [0, 0.1) is 11.3 Å². The van der Waals surface area contributed by atoms with Crippen molar-refractivity contribution < 1.29 is 4.74 Å². The molecular formula is C20H15Cl2N3O. The molecule has 0 unspecified atom stereocenters. The summed E-state index contributed by atoms with van der Waals surface area (Å²) in [5.41, 5.74) is 9.29. The van der Waals surface area contributed by atoms with Crippen molar-refractivity contribution >= 4 is 29.0 Å². The molecule has 1 aromatic heterocycles. The predicted molar refractivity (Wildman–Crippen MR) is 105 cm³/mol. The number of nitrogens with two attached hydrogens (primary N) is 1. The Morgan fingerprint density at radius 2 is 1.73 bits per heavy atom. The van der Waals surface area contributed by atoms with Crippen LogP contribution in [0.25, 0.3) is 22.4 Å². The highest BCUT2D eigenvalue weighted by molar-refractivity contribution is 6.42. The van der Waals surface area contributed by atoms with Gasteiger partial charge in [-0.1, -0.05) is 41.4 Å². The van der Waals surface area contributed by atoms with Crippen LogP contribution in [-0.4, -0.2) is 11.6 Å². The van der Waals surface area contributed by atoms with Crippen molar-refractivity contribution in [3.05, 3.63) is 64.1 Å². The van der Waals surface area contributed by atoms with Crippen LogP contribution in [0.2, 0.25) is 10.0 Å². The standard InChI is InChI=1S/C20H15Cl2N3O/c1-2-26-14-6-3-12(4-7-14)15-10-19(25-20(24)16(15)11-23)13-5-8-17(21)18(22)9-13/h3-10H,2H2,1H3,(H2,24,25). The fourth-order valence-corrected chi connectivity index (χ4v) is 2.91. The fraction of sp³-hybridized carbons (Fsp3) is 0.100. The summed E-state index contributed by atoms with van der Waals surface area (Å²) in [6.45, 7) is 2.52. The lowest BCUT2D eigenvalue weighted by atomic mass is 9.98. The number of rotatable bonds is 4. The minimum absolute atomic E-state index is 0.167. The number of nitrogen functional groups attached to an aromatic ring is 1. The van der Waals surface area contributed by atoms with Crippen molar-refractivity contribution in [1.82, 2.24) is 4.98 Å². The van der Waals surface area contributed by atoms with Crippen molar-refractivity contribution in [3.8, 4) is 34.2 Å². The number of anilines is 1. The summed E-state index contributed by atoms with van der Waals surface area (Å²) in [5, 5.41) is 10.4. The number of hydrogen-bond acceptors (Lipinski definition) is 4.